The summed E-state index contributed by atoms with van der Waals surface area (Å²) < 4.78 is 13.1. The van der Waals surface area contributed by atoms with Gasteiger partial charge in [-0.15, -0.1) is 0 Å². The molecule has 2 N–H and O–H groups in total. The van der Waals surface area contributed by atoms with E-state index in [-0.39, 0.29) is 30.2 Å². The van der Waals surface area contributed by atoms with E-state index in [1.54, 1.807) is 12.1 Å². The summed E-state index contributed by atoms with van der Waals surface area (Å²) in [4.78, 5) is 12.3. The normalized spacial score (nSPS) is 12.3. The zero-order chi connectivity index (χ0) is 18.6. The predicted molar refractivity (Wildman–Crippen MR) is 102 cm³/mol. The third-order valence-electron chi connectivity index (χ3n) is 4.07. The number of aryl methyl sites for hydroxylation is 2. The monoisotopic (exact) mass is 362 g/mol. The Morgan fingerprint density at radius 2 is 1.80 bits per heavy atom. The lowest BCUT2D eigenvalue weighted by molar-refractivity contribution is -0.115. The molecular weight excluding hydrogens is 339 g/mol. The summed E-state index contributed by atoms with van der Waals surface area (Å²) in [6.07, 6.45) is 0. The number of nitrogens with one attached hydrogen (secondary N) is 2. The van der Waals surface area contributed by atoms with Crippen molar-refractivity contribution in [2.75, 3.05) is 11.9 Å². The van der Waals surface area contributed by atoms with E-state index in [1.807, 2.05) is 26.0 Å². The van der Waals surface area contributed by atoms with E-state index in [4.69, 9.17) is 11.6 Å². The standard InChI is InChI=1S/C20H24ClFN2O/c1-12(2)19(15-5-7-16(22)8-6-15)23-11-18(25)24-20-14(4)9-13(3)10-17(20)21/h5-10,12,19,23H,11H2,1-4H3,(H,24,25)/t19-/m1/s1. The second-order valence-corrected chi connectivity index (χ2v) is 7.05. The molecule has 0 heterocycles. The number of benzene rings is 2. The molecule has 0 radical (unpaired) electrons. The van der Waals surface area contributed by atoms with Crippen LogP contribution in [-0.4, -0.2) is 12.5 Å². The van der Waals surface area contributed by atoms with Crippen LogP contribution in [0, 0.1) is 25.6 Å². The van der Waals surface area contributed by atoms with Crippen LogP contribution in [0.5, 0.6) is 0 Å². The first-order valence-electron chi connectivity index (χ1n) is 8.33. The molecule has 0 fully saturated rings. The Hall–Kier alpha value is -1.91. The van der Waals surface area contributed by atoms with Gasteiger partial charge in [0.1, 0.15) is 5.82 Å². The van der Waals surface area contributed by atoms with E-state index < -0.39 is 0 Å². The van der Waals surface area contributed by atoms with Crippen LogP contribution in [0.1, 0.15) is 36.6 Å². The smallest absolute Gasteiger partial charge is 0.238 e. The highest BCUT2D eigenvalue weighted by Crippen LogP contribution is 2.27. The highest BCUT2D eigenvalue weighted by molar-refractivity contribution is 6.34. The molecule has 3 nitrogen and oxygen atoms in total. The average molecular weight is 363 g/mol. The zero-order valence-electron chi connectivity index (χ0n) is 15.0. The van der Waals surface area contributed by atoms with Crippen LogP contribution in [-0.2, 0) is 4.79 Å². The fraction of sp³-hybridized carbons (Fsp3) is 0.350. The van der Waals surface area contributed by atoms with Crippen molar-refractivity contribution < 1.29 is 9.18 Å². The summed E-state index contributed by atoms with van der Waals surface area (Å²) in [6, 6.07) is 10.1. The van der Waals surface area contributed by atoms with Gasteiger partial charge in [0.05, 0.1) is 17.3 Å². The molecule has 134 valence electrons. The second-order valence-electron chi connectivity index (χ2n) is 6.64. The number of carbonyl (C=O) groups is 1. The van der Waals surface area contributed by atoms with Gasteiger partial charge in [0.25, 0.3) is 0 Å². The third kappa shape index (κ3) is 5.28. The number of anilines is 1. The minimum absolute atomic E-state index is 0.0408. The van der Waals surface area contributed by atoms with Gasteiger partial charge in [-0.2, -0.15) is 0 Å². The van der Waals surface area contributed by atoms with Crippen LogP contribution < -0.4 is 10.6 Å². The van der Waals surface area contributed by atoms with Crippen molar-refractivity contribution in [3.8, 4) is 0 Å². The molecule has 25 heavy (non-hydrogen) atoms. The molecule has 0 aromatic heterocycles. The van der Waals surface area contributed by atoms with Gasteiger partial charge in [-0.3, -0.25) is 4.79 Å². The highest BCUT2D eigenvalue weighted by atomic mass is 35.5. The van der Waals surface area contributed by atoms with Crippen LogP contribution in [0.2, 0.25) is 5.02 Å². The summed E-state index contributed by atoms with van der Waals surface area (Å²) in [7, 11) is 0. The lowest BCUT2D eigenvalue weighted by atomic mass is 9.96. The van der Waals surface area contributed by atoms with E-state index in [1.165, 1.54) is 12.1 Å². The van der Waals surface area contributed by atoms with Gasteiger partial charge in [-0.05, 0) is 54.7 Å². The molecule has 0 aliphatic carbocycles. The minimum Gasteiger partial charge on any atom is -0.323 e. The number of rotatable bonds is 6. The molecule has 0 saturated carbocycles. The van der Waals surface area contributed by atoms with Crippen LogP contribution in [0.4, 0.5) is 10.1 Å². The molecular formula is C20H24ClFN2O. The second kappa shape index (κ2) is 8.45. The number of hydrogen-bond donors (Lipinski definition) is 2. The van der Waals surface area contributed by atoms with Crippen LogP contribution in [0.15, 0.2) is 36.4 Å². The first-order valence-corrected chi connectivity index (χ1v) is 8.71. The SMILES string of the molecule is Cc1cc(C)c(NC(=O)CN[C@@H](c2ccc(F)cc2)C(C)C)c(Cl)c1. The van der Waals surface area contributed by atoms with Gasteiger partial charge >= 0.3 is 0 Å². The summed E-state index contributed by atoms with van der Waals surface area (Å²) in [6.45, 7) is 8.13. The van der Waals surface area contributed by atoms with Crippen LogP contribution >= 0.6 is 11.6 Å². The molecule has 0 aliphatic rings. The molecule has 0 spiro atoms. The van der Waals surface area contributed by atoms with Crippen molar-refractivity contribution in [1.82, 2.24) is 5.32 Å². The molecule has 1 amide bonds. The summed E-state index contributed by atoms with van der Waals surface area (Å²) in [5.41, 5.74) is 3.57. The third-order valence-corrected chi connectivity index (χ3v) is 4.37. The van der Waals surface area contributed by atoms with Gasteiger partial charge in [-0.1, -0.05) is 43.6 Å². The molecule has 5 heteroatoms. The first-order chi connectivity index (χ1) is 11.8. The highest BCUT2D eigenvalue weighted by Gasteiger charge is 2.17. The van der Waals surface area contributed by atoms with Gasteiger partial charge in [0.15, 0.2) is 0 Å². The Labute approximate surface area is 153 Å². The summed E-state index contributed by atoms with van der Waals surface area (Å²) in [5, 5.41) is 6.65. The van der Waals surface area contributed by atoms with E-state index in [9.17, 15) is 9.18 Å². The molecule has 1 atom stereocenters. The Bertz CT molecular complexity index is 721. The predicted octanol–water partition coefficient (Wildman–Crippen LogP) is 5.02. The van der Waals surface area contributed by atoms with E-state index in [2.05, 4.69) is 24.5 Å². The number of halogens is 2. The largest absolute Gasteiger partial charge is 0.323 e. The fourth-order valence-corrected chi connectivity index (χ4v) is 3.24. The lowest BCUT2D eigenvalue weighted by Crippen LogP contribution is -2.33. The van der Waals surface area contributed by atoms with Crippen molar-refractivity contribution in [1.29, 1.82) is 0 Å². The van der Waals surface area contributed by atoms with Crippen molar-refractivity contribution in [2.45, 2.75) is 33.7 Å². The topological polar surface area (TPSA) is 41.1 Å². The maximum Gasteiger partial charge on any atom is 0.238 e. The van der Waals surface area contributed by atoms with E-state index in [0.717, 1.165) is 16.7 Å². The van der Waals surface area contributed by atoms with Crippen molar-refractivity contribution >= 4 is 23.2 Å². The average Bonchev–Trinajstić information content (AvgIpc) is 2.52. The Kier molecular flexibility index (Phi) is 6.57. The van der Waals surface area contributed by atoms with Crippen LogP contribution in [0.3, 0.4) is 0 Å². The minimum atomic E-state index is -0.270. The van der Waals surface area contributed by atoms with E-state index >= 15 is 0 Å². The van der Waals surface area contributed by atoms with E-state index in [0.29, 0.717) is 10.7 Å². The molecule has 2 aromatic carbocycles. The number of carbonyl (C=O) groups excluding carboxylic acids is 1. The maximum absolute atomic E-state index is 13.1. The summed E-state index contributed by atoms with van der Waals surface area (Å²) >= 11 is 6.23. The summed E-state index contributed by atoms with van der Waals surface area (Å²) in [5.74, 6) is -0.182. The Balaban J connectivity index is 2.03. The van der Waals surface area contributed by atoms with Gasteiger partial charge in [-0.25, -0.2) is 4.39 Å². The molecule has 0 bridgehead atoms. The van der Waals surface area contributed by atoms with Gasteiger partial charge in [0.2, 0.25) is 5.91 Å². The molecule has 0 unspecified atom stereocenters. The molecule has 0 saturated heterocycles. The van der Waals surface area contributed by atoms with Crippen molar-refractivity contribution in [3.05, 3.63) is 63.9 Å². The number of amides is 1. The fourth-order valence-electron chi connectivity index (χ4n) is 2.87. The first kappa shape index (κ1) is 19.4. The lowest BCUT2D eigenvalue weighted by Gasteiger charge is -2.23. The van der Waals surface area contributed by atoms with Gasteiger partial charge < -0.3 is 10.6 Å². The molecule has 2 rings (SSSR count). The van der Waals surface area contributed by atoms with Crippen molar-refractivity contribution in [2.24, 2.45) is 5.92 Å². The quantitative estimate of drug-likeness (QED) is 0.757. The Morgan fingerprint density at radius 3 is 2.36 bits per heavy atom. The molecule has 0 aliphatic heterocycles. The Morgan fingerprint density at radius 1 is 1.16 bits per heavy atom. The van der Waals surface area contributed by atoms with Crippen molar-refractivity contribution in [3.63, 3.8) is 0 Å². The van der Waals surface area contributed by atoms with Crippen LogP contribution in [0.25, 0.3) is 0 Å². The maximum atomic E-state index is 13.1. The number of hydrogen-bond acceptors (Lipinski definition) is 2. The van der Waals surface area contributed by atoms with Gasteiger partial charge in [0, 0.05) is 6.04 Å². The molecule has 2 aromatic rings. The zero-order valence-corrected chi connectivity index (χ0v) is 15.7.